The molecule has 0 unspecified atom stereocenters. The largest absolute Gasteiger partial charge is 0.494 e. The third-order valence-electron chi connectivity index (χ3n) is 3.69. The molecule has 1 aromatic heterocycles. The predicted molar refractivity (Wildman–Crippen MR) is 107 cm³/mol. The fourth-order valence-electron chi connectivity index (χ4n) is 2.56. The van der Waals surface area contributed by atoms with Crippen LogP contribution in [-0.2, 0) is 4.79 Å². The van der Waals surface area contributed by atoms with E-state index in [0.29, 0.717) is 6.61 Å². The third-order valence-corrected chi connectivity index (χ3v) is 4.58. The smallest absolute Gasteiger partial charge is 0.221 e. The highest BCUT2D eigenvalue weighted by atomic mass is 32.1. The molecule has 26 heavy (non-hydrogen) atoms. The number of nitrogens with one attached hydrogen (secondary N) is 2. The number of aromatic nitrogens is 1. The number of nitrogens with zero attached hydrogens (tertiary/aromatic N) is 1. The van der Waals surface area contributed by atoms with Gasteiger partial charge in [0, 0.05) is 28.7 Å². The van der Waals surface area contributed by atoms with Crippen LogP contribution in [0.5, 0.6) is 5.75 Å². The number of thiazole rings is 1. The molecule has 0 saturated heterocycles. The van der Waals surface area contributed by atoms with Crippen molar-refractivity contribution in [2.45, 2.75) is 20.8 Å². The van der Waals surface area contributed by atoms with Crippen LogP contribution < -0.4 is 15.4 Å². The molecule has 1 heterocycles. The summed E-state index contributed by atoms with van der Waals surface area (Å²) in [5, 5.41) is 6.95. The Morgan fingerprint density at radius 2 is 1.73 bits per heavy atom. The van der Waals surface area contributed by atoms with Crippen molar-refractivity contribution in [2.24, 2.45) is 0 Å². The number of aryl methyl sites for hydroxylation is 1. The van der Waals surface area contributed by atoms with Gasteiger partial charge in [0.15, 0.2) is 5.13 Å². The number of hydrogen-bond acceptors (Lipinski definition) is 5. The summed E-state index contributed by atoms with van der Waals surface area (Å²) in [6.07, 6.45) is 0. The molecule has 3 rings (SSSR count). The van der Waals surface area contributed by atoms with E-state index in [1.54, 1.807) is 11.3 Å². The van der Waals surface area contributed by atoms with Gasteiger partial charge in [-0.3, -0.25) is 4.79 Å². The topological polar surface area (TPSA) is 63.2 Å². The Morgan fingerprint density at radius 3 is 2.35 bits per heavy atom. The molecule has 0 aliphatic carbocycles. The summed E-state index contributed by atoms with van der Waals surface area (Å²) in [4.78, 5) is 17.0. The van der Waals surface area contributed by atoms with Gasteiger partial charge in [0.2, 0.25) is 5.91 Å². The van der Waals surface area contributed by atoms with E-state index in [4.69, 9.17) is 9.72 Å². The number of carbonyl (C=O) groups excluding carboxylic acids is 1. The lowest BCUT2D eigenvalue weighted by atomic mass is 10.1. The van der Waals surface area contributed by atoms with Gasteiger partial charge in [-0.2, -0.15) is 0 Å². The second-order valence-electron chi connectivity index (χ2n) is 5.76. The van der Waals surface area contributed by atoms with Crippen molar-refractivity contribution in [1.82, 2.24) is 4.98 Å². The molecule has 0 bridgehead atoms. The van der Waals surface area contributed by atoms with Crippen molar-refractivity contribution in [3.8, 4) is 17.0 Å². The monoisotopic (exact) mass is 367 g/mol. The van der Waals surface area contributed by atoms with Crippen molar-refractivity contribution in [3.63, 3.8) is 0 Å². The second kappa shape index (κ2) is 8.01. The van der Waals surface area contributed by atoms with E-state index in [0.717, 1.165) is 38.4 Å². The minimum Gasteiger partial charge on any atom is -0.494 e. The van der Waals surface area contributed by atoms with E-state index in [1.165, 1.54) is 6.92 Å². The van der Waals surface area contributed by atoms with E-state index >= 15 is 0 Å². The maximum atomic E-state index is 11.1. The normalized spacial score (nSPS) is 10.4. The molecule has 134 valence electrons. The standard InChI is InChI=1S/C20H21N3O2S/c1-4-25-18-11-9-17(10-12-18)22-20-23-19(13(2)26-20)15-5-7-16(8-6-15)21-14(3)24/h5-12H,4H2,1-3H3,(H,21,24)(H,22,23). The SMILES string of the molecule is CCOc1ccc(Nc2nc(-c3ccc(NC(C)=O)cc3)c(C)s2)cc1. The molecule has 2 aromatic carbocycles. The van der Waals surface area contributed by atoms with Crippen LogP contribution in [0.15, 0.2) is 48.5 Å². The molecular formula is C20H21N3O2S. The number of benzene rings is 2. The Balaban J connectivity index is 1.75. The summed E-state index contributed by atoms with van der Waals surface area (Å²) >= 11 is 1.61. The van der Waals surface area contributed by atoms with Gasteiger partial charge in [0.1, 0.15) is 5.75 Å². The number of ether oxygens (including phenoxy) is 1. The van der Waals surface area contributed by atoms with E-state index in [1.807, 2.05) is 55.5 Å². The summed E-state index contributed by atoms with van der Waals surface area (Å²) in [5.41, 5.74) is 3.71. The fraction of sp³-hybridized carbons (Fsp3) is 0.200. The number of rotatable bonds is 6. The lowest BCUT2D eigenvalue weighted by molar-refractivity contribution is -0.114. The van der Waals surface area contributed by atoms with E-state index < -0.39 is 0 Å². The maximum absolute atomic E-state index is 11.1. The Morgan fingerprint density at radius 1 is 1.08 bits per heavy atom. The Bertz CT molecular complexity index is 886. The van der Waals surface area contributed by atoms with Crippen molar-refractivity contribution in [1.29, 1.82) is 0 Å². The van der Waals surface area contributed by atoms with Gasteiger partial charge >= 0.3 is 0 Å². The van der Waals surface area contributed by atoms with Gasteiger partial charge in [0.05, 0.1) is 12.3 Å². The Labute approximate surface area is 157 Å². The van der Waals surface area contributed by atoms with Gasteiger partial charge in [0.25, 0.3) is 0 Å². The highest BCUT2D eigenvalue weighted by Gasteiger charge is 2.10. The molecule has 0 aliphatic heterocycles. The second-order valence-corrected chi connectivity index (χ2v) is 6.97. The molecule has 5 nitrogen and oxygen atoms in total. The zero-order valence-corrected chi connectivity index (χ0v) is 15.8. The first-order valence-electron chi connectivity index (χ1n) is 8.40. The molecule has 2 N–H and O–H groups in total. The average molecular weight is 367 g/mol. The quantitative estimate of drug-likeness (QED) is 0.627. The Kier molecular flexibility index (Phi) is 5.53. The van der Waals surface area contributed by atoms with Crippen LogP contribution in [0.1, 0.15) is 18.7 Å². The number of hydrogen-bond donors (Lipinski definition) is 2. The predicted octanol–water partition coefficient (Wildman–Crippen LogP) is 5.22. The van der Waals surface area contributed by atoms with E-state index in [2.05, 4.69) is 17.6 Å². The summed E-state index contributed by atoms with van der Waals surface area (Å²) in [7, 11) is 0. The van der Waals surface area contributed by atoms with Crippen LogP contribution in [0.2, 0.25) is 0 Å². The molecule has 3 aromatic rings. The van der Waals surface area contributed by atoms with Crippen LogP contribution in [0.25, 0.3) is 11.3 Å². The minimum atomic E-state index is -0.0792. The van der Waals surface area contributed by atoms with Gasteiger partial charge in [-0.1, -0.05) is 12.1 Å². The Hall–Kier alpha value is -2.86. The lowest BCUT2D eigenvalue weighted by Crippen LogP contribution is -2.05. The van der Waals surface area contributed by atoms with Crippen LogP contribution in [0, 0.1) is 6.92 Å². The first-order chi connectivity index (χ1) is 12.5. The summed E-state index contributed by atoms with van der Waals surface area (Å²) < 4.78 is 5.46. The molecule has 0 spiro atoms. The number of anilines is 3. The summed E-state index contributed by atoms with van der Waals surface area (Å²) in [5.74, 6) is 0.776. The third kappa shape index (κ3) is 4.40. The average Bonchev–Trinajstić information content (AvgIpc) is 2.97. The van der Waals surface area contributed by atoms with E-state index in [-0.39, 0.29) is 5.91 Å². The first kappa shape index (κ1) is 17.9. The molecular weight excluding hydrogens is 346 g/mol. The number of amides is 1. The first-order valence-corrected chi connectivity index (χ1v) is 9.22. The van der Waals surface area contributed by atoms with Gasteiger partial charge < -0.3 is 15.4 Å². The molecule has 0 fully saturated rings. The maximum Gasteiger partial charge on any atom is 0.221 e. The lowest BCUT2D eigenvalue weighted by Gasteiger charge is -2.05. The van der Waals surface area contributed by atoms with Crippen LogP contribution >= 0.6 is 11.3 Å². The minimum absolute atomic E-state index is 0.0792. The molecule has 0 radical (unpaired) electrons. The zero-order valence-electron chi connectivity index (χ0n) is 15.0. The number of carbonyl (C=O) groups is 1. The van der Waals surface area contributed by atoms with Crippen molar-refractivity contribution < 1.29 is 9.53 Å². The van der Waals surface area contributed by atoms with Crippen LogP contribution in [0.3, 0.4) is 0 Å². The van der Waals surface area contributed by atoms with Crippen molar-refractivity contribution >= 4 is 33.8 Å². The fourth-order valence-corrected chi connectivity index (χ4v) is 3.41. The van der Waals surface area contributed by atoms with Crippen molar-refractivity contribution in [2.75, 3.05) is 17.2 Å². The van der Waals surface area contributed by atoms with Crippen LogP contribution in [0.4, 0.5) is 16.5 Å². The van der Waals surface area contributed by atoms with E-state index in [9.17, 15) is 4.79 Å². The summed E-state index contributed by atoms with van der Waals surface area (Å²) in [6, 6.07) is 15.5. The molecule has 6 heteroatoms. The van der Waals surface area contributed by atoms with Gasteiger partial charge in [-0.05, 0) is 50.2 Å². The zero-order chi connectivity index (χ0) is 18.5. The summed E-state index contributed by atoms with van der Waals surface area (Å²) in [6.45, 7) is 6.17. The molecule has 0 atom stereocenters. The van der Waals surface area contributed by atoms with Crippen LogP contribution in [-0.4, -0.2) is 17.5 Å². The van der Waals surface area contributed by atoms with Gasteiger partial charge in [-0.25, -0.2) is 4.98 Å². The molecule has 0 saturated carbocycles. The highest BCUT2D eigenvalue weighted by Crippen LogP contribution is 2.32. The molecule has 0 aliphatic rings. The molecule has 1 amide bonds. The van der Waals surface area contributed by atoms with Gasteiger partial charge in [-0.15, -0.1) is 11.3 Å². The van der Waals surface area contributed by atoms with Crippen molar-refractivity contribution in [3.05, 3.63) is 53.4 Å². The highest BCUT2D eigenvalue weighted by molar-refractivity contribution is 7.16.